The number of unbranched alkanes of at least 4 members (excludes halogenated alkanes) is 1. The van der Waals surface area contributed by atoms with Gasteiger partial charge in [0.15, 0.2) is 17.8 Å². The molecule has 0 aromatic heterocycles. The van der Waals surface area contributed by atoms with Crippen molar-refractivity contribution >= 4 is 18.2 Å². The Morgan fingerprint density at radius 2 is 2.05 bits per heavy atom. The molecule has 20 heavy (non-hydrogen) atoms. The molecule has 0 fully saturated rings. The molecule has 0 aliphatic rings. The van der Waals surface area contributed by atoms with Crippen LogP contribution in [0.1, 0.15) is 30.9 Å². The second-order valence-corrected chi connectivity index (χ2v) is 4.26. The van der Waals surface area contributed by atoms with Crippen molar-refractivity contribution in [2.24, 2.45) is 5.73 Å². The molecule has 1 atom stereocenters. The molecule has 1 unspecified atom stereocenters. The normalized spacial score (nSPS) is 11.4. The lowest BCUT2D eigenvalue weighted by Gasteiger charge is -2.13. The highest BCUT2D eigenvalue weighted by Gasteiger charge is 2.21. The van der Waals surface area contributed by atoms with Gasteiger partial charge in [-0.25, -0.2) is 4.79 Å². The van der Waals surface area contributed by atoms with Crippen LogP contribution >= 0.6 is 0 Å². The number of nitrogens with two attached hydrogens (primary N) is 1. The molecule has 0 bridgehead atoms. The van der Waals surface area contributed by atoms with Crippen molar-refractivity contribution in [1.82, 2.24) is 5.32 Å². The Hall–Kier alpha value is -2.37. The Kier molecular flexibility index (Phi) is 6.81. The zero-order chi connectivity index (χ0) is 14.8. The summed E-state index contributed by atoms with van der Waals surface area (Å²) >= 11 is 0. The van der Waals surface area contributed by atoms with E-state index in [0.29, 0.717) is 31.4 Å². The first-order chi connectivity index (χ1) is 9.65. The van der Waals surface area contributed by atoms with Crippen LogP contribution in [0.25, 0.3) is 0 Å². The average molecular weight is 276 g/mol. The fraction of sp³-hybridized carbons (Fsp3) is 0.357. The number of benzene rings is 1. The minimum Gasteiger partial charge on any atom is -0.441 e. The lowest BCUT2D eigenvalue weighted by molar-refractivity contribution is -0.126. The van der Waals surface area contributed by atoms with Gasteiger partial charge in [0.1, 0.15) is 0 Å². The Bertz CT molecular complexity index is 448. The summed E-state index contributed by atoms with van der Waals surface area (Å²) in [5.41, 5.74) is 5.78. The molecule has 0 saturated carbocycles. The van der Waals surface area contributed by atoms with Gasteiger partial charge in [0.05, 0.1) is 0 Å². The molecule has 1 aromatic rings. The standard InChI is InChI=1S/C14H18N3O3/c15-14(16)17-9-5-4-8-12(19)13(20-10-18)11-6-2-1-3-7-11/h1-3,6-7,13H,4-5,8-9H2,(H4,15,16,17). The third-order valence-corrected chi connectivity index (χ3v) is 2.73. The zero-order valence-electron chi connectivity index (χ0n) is 11.1. The lowest BCUT2D eigenvalue weighted by atomic mass is 10.0. The van der Waals surface area contributed by atoms with E-state index in [9.17, 15) is 9.59 Å². The van der Waals surface area contributed by atoms with Crippen LogP contribution in [0, 0.1) is 5.41 Å². The highest BCUT2D eigenvalue weighted by Crippen LogP contribution is 2.19. The van der Waals surface area contributed by atoms with Gasteiger partial charge in [-0.3, -0.25) is 10.2 Å². The van der Waals surface area contributed by atoms with Crippen molar-refractivity contribution in [3.8, 4) is 0 Å². The number of ether oxygens (including phenoxy) is 1. The summed E-state index contributed by atoms with van der Waals surface area (Å²) in [7, 11) is 0. The number of guanidine groups is 1. The highest BCUT2D eigenvalue weighted by molar-refractivity contribution is 5.85. The average Bonchev–Trinajstić information content (AvgIpc) is 2.44. The number of Topliss-reactive ketones (excluding diaryl/α,β-unsaturated/α-hetero) is 1. The second kappa shape index (κ2) is 8.68. The first-order valence-electron chi connectivity index (χ1n) is 6.33. The molecule has 1 rings (SSSR count). The summed E-state index contributed by atoms with van der Waals surface area (Å²) in [6.07, 6.45) is 0.734. The van der Waals surface area contributed by atoms with E-state index in [1.54, 1.807) is 24.3 Å². The van der Waals surface area contributed by atoms with E-state index < -0.39 is 6.10 Å². The molecule has 0 heterocycles. The van der Waals surface area contributed by atoms with Crippen LogP contribution < -0.4 is 11.1 Å². The van der Waals surface area contributed by atoms with Crippen molar-refractivity contribution in [1.29, 1.82) is 5.41 Å². The second-order valence-electron chi connectivity index (χ2n) is 4.26. The summed E-state index contributed by atoms with van der Waals surface area (Å²) in [5, 5.41) is 9.65. The molecule has 4 N–H and O–H groups in total. The van der Waals surface area contributed by atoms with E-state index in [0.717, 1.165) is 0 Å². The van der Waals surface area contributed by atoms with Gasteiger partial charge in [0, 0.05) is 13.0 Å². The third-order valence-electron chi connectivity index (χ3n) is 2.73. The molecule has 107 valence electrons. The van der Waals surface area contributed by atoms with E-state index in [4.69, 9.17) is 15.9 Å². The minimum atomic E-state index is -0.894. The van der Waals surface area contributed by atoms with Gasteiger partial charge in [-0.1, -0.05) is 30.3 Å². The summed E-state index contributed by atoms with van der Waals surface area (Å²) in [5.74, 6) is -0.250. The van der Waals surface area contributed by atoms with Crippen LogP contribution in [0.15, 0.2) is 30.3 Å². The number of hydrogen-bond donors (Lipinski definition) is 3. The van der Waals surface area contributed by atoms with E-state index in [2.05, 4.69) is 5.32 Å². The predicted octanol–water partition coefficient (Wildman–Crippen LogP) is 1.03. The summed E-state index contributed by atoms with van der Waals surface area (Å²) < 4.78 is 4.76. The van der Waals surface area contributed by atoms with Crippen LogP contribution in [-0.4, -0.2) is 24.8 Å². The van der Waals surface area contributed by atoms with E-state index in [-0.39, 0.29) is 11.7 Å². The topological polar surface area (TPSA) is 105 Å². The third kappa shape index (κ3) is 5.51. The zero-order valence-corrected chi connectivity index (χ0v) is 11.1. The summed E-state index contributed by atoms with van der Waals surface area (Å²) in [6.45, 7) is 1.88. The molecule has 0 amide bonds. The first-order valence-corrected chi connectivity index (χ1v) is 6.33. The molecule has 0 aliphatic heterocycles. The minimum absolute atomic E-state index is 0.0858. The number of nitrogens with one attached hydrogen (secondary N) is 2. The van der Waals surface area contributed by atoms with Crippen LogP contribution in [0.5, 0.6) is 0 Å². The number of carbonyl (C=O) groups is 1. The Morgan fingerprint density at radius 1 is 1.35 bits per heavy atom. The Balaban J connectivity index is 2.45. The number of ketones is 1. The van der Waals surface area contributed by atoms with Crippen LogP contribution in [0.4, 0.5) is 0 Å². The van der Waals surface area contributed by atoms with Crippen molar-refractivity contribution in [2.45, 2.75) is 25.4 Å². The van der Waals surface area contributed by atoms with Crippen molar-refractivity contribution in [3.63, 3.8) is 0 Å². The maximum atomic E-state index is 12.0. The number of rotatable bonds is 9. The van der Waals surface area contributed by atoms with Crippen LogP contribution in [0.2, 0.25) is 0 Å². The quantitative estimate of drug-likeness (QED) is 0.355. The van der Waals surface area contributed by atoms with Crippen LogP contribution in [-0.2, 0) is 14.3 Å². The molecular formula is C14H18N3O3. The van der Waals surface area contributed by atoms with Gasteiger partial charge in [0.25, 0.3) is 0 Å². The lowest BCUT2D eigenvalue weighted by Crippen LogP contribution is -2.31. The van der Waals surface area contributed by atoms with E-state index in [1.807, 2.05) is 6.07 Å². The van der Waals surface area contributed by atoms with Gasteiger partial charge < -0.3 is 15.8 Å². The summed E-state index contributed by atoms with van der Waals surface area (Å²) in [4.78, 5) is 22.4. The Labute approximate surface area is 117 Å². The van der Waals surface area contributed by atoms with Crippen molar-refractivity contribution in [3.05, 3.63) is 35.9 Å². The smallest absolute Gasteiger partial charge is 0.418 e. The fourth-order valence-corrected chi connectivity index (χ4v) is 1.77. The van der Waals surface area contributed by atoms with Gasteiger partial charge in [-0.2, -0.15) is 0 Å². The largest absolute Gasteiger partial charge is 0.441 e. The number of carbonyl (C=O) groups excluding carboxylic acids is 2. The van der Waals surface area contributed by atoms with Gasteiger partial charge >= 0.3 is 6.47 Å². The molecule has 6 heteroatoms. The fourth-order valence-electron chi connectivity index (χ4n) is 1.77. The Morgan fingerprint density at radius 3 is 2.65 bits per heavy atom. The molecule has 0 spiro atoms. The predicted molar refractivity (Wildman–Crippen MR) is 74.7 cm³/mol. The molecule has 1 radical (unpaired) electrons. The maximum Gasteiger partial charge on any atom is 0.418 e. The number of hydrogen-bond acceptors (Lipinski definition) is 4. The van der Waals surface area contributed by atoms with Crippen molar-refractivity contribution in [2.75, 3.05) is 6.54 Å². The van der Waals surface area contributed by atoms with Crippen molar-refractivity contribution < 1.29 is 14.3 Å². The summed E-state index contributed by atoms with van der Waals surface area (Å²) in [6, 6.07) is 8.85. The maximum absolute atomic E-state index is 12.0. The van der Waals surface area contributed by atoms with Gasteiger partial charge in [-0.15, -0.1) is 0 Å². The highest BCUT2D eigenvalue weighted by atomic mass is 16.5. The molecule has 6 nitrogen and oxygen atoms in total. The SMILES string of the molecule is N=C(N)NCCCCC(=O)C(O[C]=O)c1ccccc1. The first kappa shape index (κ1) is 15.7. The van der Waals surface area contributed by atoms with Gasteiger partial charge in [0.2, 0.25) is 0 Å². The van der Waals surface area contributed by atoms with Gasteiger partial charge in [-0.05, 0) is 18.4 Å². The van der Waals surface area contributed by atoms with Crippen LogP contribution in [0.3, 0.4) is 0 Å². The van der Waals surface area contributed by atoms with E-state index >= 15 is 0 Å². The molecular weight excluding hydrogens is 258 g/mol. The monoisotopic (exact) mass is 276 g/mol. The van der Waals surface area contributed by atoms with E-state index in [1.165, 1.54) is 6.47 Å². The molecule has 0 saturated heterocycles. The molecule has 0 aliphatic carbocycles. The molecule has 1 aromatic carbocycles.